The number of benzene rings is 1. The number of para-hydroxylation sites is 1. The molecule has 0 radical (unpaired) electrons. The molecule has 0 amide bonds. The maximum atomic E-state index is 12.6. The fourth-order valence-electron chi connectivity index (χ4n) is 2.95. The number of hydrogen-bond donors (Lipinski definition) is 0. The summed E-state index contributed by atoms with van der Waals surface area (Å²) in [4.78, 5) is 0. The number of halogens is 3. The van der Waals surface area contributed by atoms with Gasteiger partial charge in [0.1, 0.15) is 0 Å². The van der Waals surface area contributed by atoms with Gasteiger partial charge in [-0.1, -0.05) is 18.2 Å². The second-order valence-corrected chi connectivity index (χ2v) is 4.94. The molecule has 0 saturated carbocycles. The molecule has 0 N–H and O–H groups in total. The van der Waals surface area contributed by atoms with Crippen molar-refractivity contribution < 1.29 is 13.2 Å². The summed E-state index contributed by atoms with van der Waals surface area (Å²) in [5.41, 5.74) is 1.90. The van der Waals surface area contributed by atoms with Gasteiger partial charge in [-0.3, -0.25) is 0 Å². The van der Waals surface area contributed by atoms with E-state index in [1.165, 1.54) is 0 Å². The second-order valence-electron chi connectivity index (χ2n) is 4.94. The predicted molar refractivity (Wildman–Crippen MR) is 64.6 cm³/mol. The van der Waals surface area contributed by atoms with Gasteiger partial charge >= 0.3 is 6.18 Å². The monoisotopic (exact) mass is 253 g/mol. The Hall–Kier alpha value is -1.45. The first kappa shape index (κ1) is 11.6. The van der Waals surface area contributed by atoms with E-state index in [1.54, 1.807) is 0 Å². The minimum Gasteiger partial charge on any atom is -0.344 e. The molecule has 3 rings (SSSR count). The van der Waals surface area contributed by atoms with Gasteiger partial charge in [0.05, 0.1) is 6.42 Å². The molecule has 0 fully saturated rings. The molecule has 1 atom stereocenters. The van der Waals surface area contributed by atoms with Crippen LogP contribution in [-0.2, 0) is 6.54 Å². The molecule has 2 aromatic rings. The van der Waals surface area contributed by atoms with E-state index >= 15 is 0 Å². The summed E-state index contributed by atoms with van der Waals surface area (Å²) in [5, 5.41) is 1.04. The van der Waals surface area contributed by atoms with E-state index in [4.69, 9.17) is 0 Å². The fourth-order valence-corrected chi connectivity index (χ4v) is 2.95. The number of alkyl halides is 3. The topological polar surface area (TPSA) is 4.93 Å². The first-order valence-electron chi connectivity index (χ1n) is 6.19. The number of aromatic nitrogens is 1. The lowest BCUT2D eigenvalue weighted by Gasteiger charge is -2.26. The molecule has 1 unspecified atom stereocenters. The standard InChI is InChI=1S/C14H14F3N/c15-14(16,17)9-11-5-3-7-18-12-6-2-1-4-10(12)8-13(11)18/h1-2,4,6,8,11H,3,5,7,9H2. The number of rotatable bonds is 1. The van der Waals surface area contributed by atoms with Gasteiger partial charge in [-0.05, 0) is 30.4 Å². The summed E-state index contributed by atoms with van der Waals surface area (Å²) >= 11 is 0. The van der Waals surface area contributed by atoms with Gasteiger partial charge in [0.25, 0.3) is 0 Å². The van der Waals surface area contributed by atoms with Crippen LogP contribution in [0, 0.1) is 0 Å². The summed E-state index contributed by atoms with van der Waals surface area (Å²) in [6.45, 7) is 0.831. The van der Waals surface area contributed by atoms with Crippen LogP contribution >= 0.6 is 0 Å². The fraction of sp³-hybridized carbons (Fsp3) is 0.429. The van der Waals surface area contributed by atoms with Crippen LogP contribution in [0.25, 0.3) is 10.9 Å². The highest BCUT2D eigenvalue weighted by atomic mass is 19.4. The van der Waals surface area contributed by atoms with E-state index < -0.39 is 12.6 Å². The van der Waals surface area contributed by atoms with Gasteiger partial charge < -0.3 is 4.57 Å². The van der Waals surface area contributed by atoms with Crippen LogP contribution in [0.2, 0.25) is 0 Å². The Balaban J connectivity index is 2.05. The predicted octanol–water partition coefficient (Wildman–Crippen LogP) is 4.47. The average Bonchev–Trinajstić information content (AvgIpc) is 2.67. The Kier molecular flexibility index (Phi) is 2.61. The third-order valence-electron chi connectivity index (χ3n) is 3.67. The van der Waals surface area contributed by atoms with Crippen molar-refractivity contribution in [3.05, 3.63) is 36.0 Å². The summed E-state index contributed by atoms with van der Waals surface area (Å²) in [7, 11) is 0. The van der Waals surface area contributed by atoms with Crippen LogP contribution in [0.3, 0.4) is 0 Å². The molecule has 1 aromatic carbocycles. The van der Waals surface area contributed by atoms with Gasteiger partial charge in [0.15, 0.2) is 0 Å². The molecule has 96 valence electrons. The SMILES string of the molecule is FC(F)(F)CC1CCCn2c1cc1ccccc12. The minimum absolute atomic E-state index is 0.383. The third-order valence-corrected chi connectivity index (χ3v) is 3.67. The van der Waals surface area contributed by atoms with E-state index in [9.17, 15) is 13.2 Å². The molecule has 0 spiro atoms. The van der Waals surface area contributed by atoms with Gasteiger partial charge in [0.2, 0.25) is 0 Å². The zero-order chi connectivity index (χ0) is 12.8. The highest BCUT2D eigenvalue weighted by molar-refractivity contribution is 5.81. The van der Waals surface area contributed by atoms with Crippen molar-refractivity contribution >= 4 is 10.9 Å². The lowest BCUT2D eigenvalue weighted by Crippen LogP contribution is -2.20. The van der Waals surface area contributed by atoms with Crippen LogP contribution in [0.15, 0.2) is 30.3 Å². The van der Waals surface area contributed by atoms with Gasteiger partial charge in [-0.15, -0.1) is 0 Å². The van der Waals surface area contributed by atoms with Crippen LogP contribution < -0.4 is 0 Å². The van der Waals surface area contributed by atoms with Crippen LogP contribution in [-0.4, -0.2) is 10.7 Å². The summed E-state index contributed by atoms with van der Waals surface area (Å²) < 4.78 is 39.8. The highest BCUT2D eigenvalue weighted by Gasteiger charge is 2.35. The molecule has 2 heterocycles. The van der Waals surface area contributed by atoms with Gasteiger partial charge in [-0.25, -0.2) is 0 Å². The normalized spacial score (nSPS) is 20.1. The first-order valence-corrected chi connectivity index (χ1v) is 6.19. The van der Waals surface area contributed by atoms with E-state index in [1.807, 2.05) is 30.3 Å². The van der Waals surface area contributed by atoms with Crippen molar-refractivity contribution in [3.63, 3.8) is 0 Å². The lowest BCUT2D eigenvalue weighted by atomic mass is 9.92. The van der Waals surface area contributed by atoms with E-state index in [-0.39, 0.29) is 5.92 Å². The zero-order valence-corrected chi connectivity index (χ0v) is 9.87. The van der Waals surface area contributed by atoms with Crippen molar-refractivity contribution in [2.45, 2.75) is 37.9 Å². The molecular formula is C14H14F3N. The molecule has 0 aliphatic carbocycles. The molecule has 1 aliphatic rings. The minimum atomic E-state index is -4.08. The summed E-state index contributed by atoms with van der Waals surface area (Å²) in [5.74, 6) is -0.383. The first-order chi connectivity index (χ1) is 8.54. The largest absolute Gasteiger partial charge is 0.389 e. The number of fused-ring (bicyclic) bond motifs is 3. The Bertz CT molecular complexity index is 568. The maximum absolute atomic E-state index is 12.6. The Morgan fingerprint density at radius 1 is 1.22 bits per heavy atom. The van der Waals surface area contributed by atoms with E-state index in [0.717, 1.165) is 29.6 Å². The number of nitrogens with zero attached hydrogens (tertiary/aromatic N) is 1. The zero-order valence-electron chi connectivity index (χ0n) is 9.87. The summed E-state index contributed by atoms with van der Waals surface area (Å²) in [6.07, 6.45) is -3.32. The van der Waals surface area contributed by atoms with Crippen LogP contribution in [0.1, 0.15) is 30.9 Å². The van der Waals surface area contributed by atoms with Crippen LogP contribution in [0.5, 0.6) is 0 Å². The average molecular weight is 253 g/mol. The quantitative estimate of drug-likeness (QED) is 0.706. The van der Waals surface area contributed by atoms with Crippen molar-refractivity contribution in [2.75, 3.05) is 0 Å². The molecule has 1 aromatic heterocycles. The smallest absolute Gasteiger partial charge is 0.344 e. The maximum Gasteiger partial charge on any atom is 0.389 e. The number of aryl methyl sites for hydroxylation is 1. The molecular weight excluding hydrogens is 239 g/mol. The Morgan fingerprint density at radius 3 is 2.78 bits per heavy atom. The van der Waals surface area contributed by atoms with Gasteiger partial charge in [-0.2, -0.15) is 13.2 Å². The Morgan fingerprint density at radius 2 is 2.00 bits per heavy atom. The van der Waals surface area contributed by atoms with E-state index in [2.05, 4.69) is 4.57 Å². The van der Waals surface area contributed by atoms with Crippen molar-refractivity contribution in [2.24, 2.45) is 0 Å². The molecule has 1 nitrogen and oxygen atoms in total. The lowest BCUT2D eigenvalue weighted by molar-refractivity contribution is -0.140. The molecule has 18 heavy (non-hydrogen) atoms. The molecule has 0 bridgehead atoms. The highest BCUT2D eigenvalue weighted by Crippen LogP contribution is 2.39. The van der Waals surface area contributed by atoms with E-state index in [0.29, 0.717) is 6.42 Å². The second kappa shape index (κ2) is 4.04. The van der Waals surface area contributed by atoms with Crippen molar-refractivity contribution in [1.82, 2.24) is 4.57 Å². The van der Waals surface area contributed by atoms with Crippen molar-refractivity contribution in [1.29, 1.82) is 0 Å². The third kappa shape index (κ3) is 2.00. The molecule has 4 heteroatoms. The molecule has 1 aliphatic heterocycles. The van der Waals surface area contributed by atoms with Gasteiger partial charge in [0, 0.05) is 23.7 Å². The van der Waals surface area contributed by atoms with Crippen molar-refractivity contribution in [3.8, 4) is 0 Å². The number of hydrogen-bond acceptors (Lipinski definition) is 0. The Labute approximate surface area is 103 Å². The summed E-state index contributed by atoms with van der Waals surface area (Å²) in [6, 6.07) is 9.72. The van der Waals surface area contributed by atoms with Crippen LogP contribution in [0.4, 0.5) is 13.2 Å². The molecule has 0 saturated heterocycles.